The zero-order valence-corrected chi connectivity index (χ0v) is 13.2. The van der Waals surface area contributed by atoms with Gasteiger partial charge < -0.3 is 10.5 Å². The van der Waals surface area contributed by atoms with Crippen molar-refractivity contribution in [2.75, 3.05) is 12.8 Å². The van der Waals surface area contributed by atoms with Crippen LogP contribution in [0.2, 0.25) is 15.1 Å². The molecule has 0 saturated carbocycles. The molecule has 1 heterocycles. The Morgan fingerprint density at radius 2 is 1.76 bits per heavy atom. The quantitative estimate of drug-likeness (QED) is 0.742. The number of fused-ring (bicyclic) bond motifs is 1. The molecular formula is C14H10Cl3N3O. The van der Waals surface area contributed by atoms with Gasteiger partial charge in [0.25, 0.3) is 0 Å². The van der Waals surface area contributed by atoms with Crippen molar-refractivity contribution in [3.05, 3.63) is 45.4 Å². The largest absolute Gasteiger partial charge is 0.495 e. The summed E-state index contributed by atoms with van der Waals surface area (Å²) in [5.74, 6) is 0.878. The van der Waals surface area contributed by atoms with Crippen LogP contribution in [0.25, 0.3) is 16.7 Å². The van der Waals surface area contributed by atoms with Crippen molar-refractivity contribution in [3.63, 3.8) is 0 Å². The fourth-order valence-corrected chi connectivity index (χ4v) is 2.66. The highest BCUT2D eigenvalue weighted by molar-refractivity contribution is 6.42. The number of nitrogen functional groups attached to an aromatic ring is 1. The summed E-state index contributed by atoms with van der Waals surface area (Å²) < 4.78 is 6.99. The molecule has 3 aromatic rings. The number of rotatable bonds is 2. The zero-order chi connectivity index (χ0) is 15.1. The molecule has 0 radical (unpaired) electrons. The molecule has 0 spiro atoms. The van der Waals surface area contributed by atoms with E-state index >= 15 is 0 Å². The maximum absolute atomic E-state index is 6.08. The molecule has 21 heavy (non-hydrogen) atoms. The highest BCUT2D eigenvalue weighted by Crippen LogP contribution is 2.33. The van der Waals surface area contributed by atoms with E-state index in [1.54, 1.807) is 35.9 Å². The minimum atomic E-state index is 0.327. The summed E-state index contributed by atoms with van der Waals surface area (Å²) in [6, 6.07) is 8.74. The molecular weight excluding hydrogens is 333 g/mol. The first-order chi connectivity index (χ1) is 10.0. The van der Waals surface area contributed by atoms with Crippen LogP contribution in [0.1, 0.15) is 0 Å². The number of halogens is 3. The minimum absolute atomic E-state index is 0.327. The van der Waals surface area contributed by atoms with E-state index in [0.717, 1.165) is 11.2 Å². The number of hydrogen-bond donors (Lipinski definition) is 1. The molecule has 0 aliphatic rings. The third-order valence-electron chi connectivity index (χ3n) is 3.12. The molecule has 0 aliphatic heterocycles. The Balaban J connectivity index is 2.29. The summed E-state index contributed by atoms with van der Waals surface area (Å²) >= 11 is 18.1. The topological polar surface area (TPSA) is 53.1 Å². The fraction of sp³-hybridized carbons (Fsp3) is 0.0714. The summed E-state index contributed by atoms with van der Waals surface area (Å²) in [6.45, 7) is 0. The van der Waals surface area contributed by atoms with Gasteiger partial charge in [0.2, 0.25) is 5.95 Å². The van der Waals surface area contributed by atoms with Crippen LogP contribution in [-0.2, 0) is 0 Å². The van der Waals surface area contributed by atoms with E-state index in [1.165, 1.54) is 0 Å². The molecule has 2 N–H and O–H groups in total. The molecule has 0 amide bonds. The molecule has 7 heteroatoms. The normalized spacial score (nSPS) is 11.0. The standard InChI is InChI=1S/C14H10Cl3N3O/c1-21-13-4-7(2-3-8(13)15)20-12-6-10(17)9(16)5-11(12)19-14(20)18/h2-6H,1H3,(H2,18,19). The average Bonchev–Trinajstić information content (AvgIpc) is 2.75. The third kappa shape index (κ3) is 2.39. The summed E-state index contributed by atoms with van der Waals surface area (Å²) in [5.41, 5.74) is 8.20. The first kappa shape index (κ1) is 14.3. The monoisotopic (exact) mass is 341 g/mol. The summed E-state index contributed by atoms with van der Waals surface area (Å²) in [6.07, 6.45) is 0. The number of benzene rings is 2. The number of methoxy groups -OCH3 is 1. The van der Waals surface area contributed by atoms with Gasteiger partial charge in [0.15, 0.2) is 0 Å². The average molecular weight is 343 g/mol. The Kier molecular flexibility index (Phi) is 3.61. The zero-order valence-electron chi connectivity index (χ0n) is 10.9. The lowest BCUT2D eigenvalue weighted by Gasteiger charge is -2.10. The summed E-state index contributed by atoms with van der Waals surface area (Å²) in [5, 5.41) is 1.39. The van der Waals surface area contributed by atoms with Gasteiger partial charge in [-0.25, -0.2) is 4.98 Å². The minimum Gasteiger partial charge on any atom is -0.495 e. The molecule has 4 nitrogen and oxygen atoms in total. The molecule has 0 fully saturated rings. The smallest absolute Gasteiger partial charge is 0.205 e. The van der Waals surface area contributed by atoms with Crippen LogP contribution in [0.15, 0.2) is 30.3 Å². The molecule has 0 aliphatic carbocycles. The van der Waals surface area contributed by atoms with Crippen molar-refractivity contribution in [1.29, 1.82) is 0 Å². The van der Waals surface area contributed by atoms with Crippen molar-refractivity contribution in [1.82, 2.24) is 9.55 Å². The molecule has 1 aromatic heterocycles. The number of ether oxygens (including phenoxy) is 1. The number of hydrogen-bond acceptors (Lipinski definition) is 3. The van der Waals surface area contributed by atoms with E-state index in [-0.39, 0.29) is 0 Å². The van der Waals surface area contributed by atoms with E-state index in [4.69, 9.17) is 45.3 Å². The number of nitrogens with two attached hydrogens (primary N) is 1. The van der Waals surface area contributed by atoms with Gasteiger partial charge >= 0.3 is 0 Å². The van der Waals surface area contributed by atoms with E-state index in [2.05, 4.69) is 4.98 Å². The molecule has 0 bridgehead atoms. The first-order valence-electron chi connectivity index (χ1n) is 5.98. The number of aromatic nitrogens is 2. The lowest BCUT2D eigenvalue weighted by atomic mass is 10.2. The van der Waals surface area contributed by atoms with Gasteiger partial charge in [0, 0.05) is 6.07 Å². The van der Waals surface area contributed by atoms with Gasteiger partial charge in [-0.1, -0.05) is 34.8 Å². The maximum Gasteiger partial charge on any atom is 0.205 e. The predicted octanol–water partition coefficient (Wildman–Crippen LogP) is 4.58. The Morgan fingerprint density at radius 3 is 2.48 bits per heavy atom. The van der Waals surface area contributed by atoms with Crippen LogP contribution >= 0.6 is 34.8 Å². The van der Waals surface area contributed by atoms with Crippen molar-refractivity contribution >= 4 is 51.8 Å². The molecule has 3 rings (SSSR count). The Labute approximate surface area is 136 Å². The summed E-state index contributed by atoms with van der Waals surface area (Å²) in [4.78, 5) is 4.29. The second-order valence-electron chi connectivity index (χ2n) is 4.38. The number of nitrogens with zero attached hydrogens (tertiary/aromatic N) is 2. The summed E-state index contributed by atoms with van der Waals surface area (Å²) in [7, 11) is 1.55. The fourth-order valence-electron chi connectivity index (χ4n) is 2.15. The predicted molar refractivity (Wildman–Crippen MR) is 87.1 cm³/mol. The van der Waals surface area contributed by atoms with Crippen molar-refractivity contribution in [2.24, 2.45) is 0 Å². The van der Waals surface area contributed by atoms with Crippen LogP contribution in [0.5, 0.6) is 5.75 Å². The highest BCUT2D eigenvalue weighted by atomic mass is 35.5. The lowest BCUT2D eigenvalue weighted by Crippen LogP contribution is -2.01. The van der Waals surface area contributed by atoms with Gasteiger partial charge in [-0.05, 0) is 24.3 Å². The lowest BCUT2D eigenvalue weighted by molar-refractivity contribution is 0.415. The molecule has 2 aromatic carbocycles. The molecule has 0 saturated heterocycles. The number of anilines is 1. The Bertz CT molecular complexity index is 845. The van der Waals surface area contributed by atoms with E-state index < -0.39 is 0 Å². The maximum atomic E-state index is 6.08. The second-order valence-corrected chi connectivity index (χ2v) is 5.60. The first-order valence-corrected chi connectivity index (χ1v) is 7.11. The second kappa shape index (κ2) is 5.30. The van der Waals surface area contributed by atoms with Gasteiger partial charge in [-0.3, -0.25) is 4.57 Å². The SMILES string of the molecule is COc1cc(-n2c(N)nc3cc(Cl)c(Cl)cc32)ccc1Cl. The molecule has 108 valence electrons. The van der Waals surface area contributed by atoms with Gasteiger partial charge in [-0.2, -0.15) is 0 Å². The Morgan fingerprint density at radius 1 is 1.05 bits per heavy atom. The van der Waals surface area contributed by atoms with Crippen molar-refractivity contribution in [2.45, 2.75) is 0 Å². The van der Waals surface area contributed by atoms with Crippen molar-refractivity contribution in [3.8, 4) is 11.4 Å². The van der Waals surface area contributed by atoms with E-state index in [0.29, 0.717) is 32.3 Å². The van der Waals surface area contributed by atoms with Crippen LogP contribution in [0.3, 0.4) is 0 Å². The Hall–Kier alpha value is -1.62. The molecule has 0 atom stereocenters. The van der Waals surface area contributed by atoms with E-state index in [9.17, 15) is 0 Å². The van der Waals surface area contributed by atoms with Crippen LogP contribution in [-0.4, -0.2) is 16.7 Å². The van der Waals surface area contributed by atoms with Crippen molar-refractivity contribution < 1.29 is 4.74 Å². The van der Waals surface area contributed by atoms with Crippen LogP contribution < -0.4 is 10.5 Å². The third-order valence-corrected chi connectivity index (χ3v) is 4.15. The molecule has 0 unspecified atom stereocenters. The van der Waals surface area contributed by atoms with Gasteiger partial charge in [0.1, 0.15) is 5.75 Å². The van der Waals surface area contributed by atoms with Gasteiger partial charge in [0.05, 0.1) is 38.9 Å². The number of imidazole rings is 1. The van der Waals surface area contributed by atoms with Crippen LogP contribution in [0, 0.1) is 0 Å². The van der Waals surface area contributed by atoms with Gasteiger partial charge in [-0.15, -0.1) is 0 Å². The van der Waals surface area contributed by atoms with E-state index in [1.807, 2.05) is 6.07 Å². The van der Waals surface area contributed by atoms with Crippen LogP contribution in [0.4, 0.5) is 5.95 Å². The highest BCUT2D eigenvalue weighted by Gasteiger charge is 2.14.